The van der Waals surface area contributed by atoms with E-state index in [4.69, 9.17) is 0 Å². The second kappa shape index (κ2) is 7.53. The molecule has 0 spiro atoms. The Morgan fingerprint density at radius 1 is 0.679 bits per heavy atom. The van der Waals surface area contributed by atoms with Crippen LogP contribution in [0.1, 0.15) is 5.56 Å². The standard InChI is InChI=1S/C22H13BrF3NS/c23-19-11-7-15(8-12-19)14-1-3-16(4-2-14)20-13-28-21(27-20)17-5-9-18(10-6-17)22(24,25)26/h1-13H. The molecule has 6 heteroatoms. The fourth-order valence-electron chi connectivity index (χ4n) is 2.82. The van der Waals surface area contributed by atoms with E-state index in [2.05, 4.69) is 20.9 Å². The number of benzene rings is 3. The molecule has 0 amide bonds. The molecule has 1 heterocycles. The van der Waals surface area contributed by atoms with Gasteiger partial charge in [-0.25, -0.2) is 4.98 Å². The zero-order valence-corrected chi connectivity index (χ0v) is 16.8. The Labute approximate surface area is 172 Å². The lowest BCUT2D eigenvalue weighted by Gasteiger charge is -2.06. The Balaban J connectivity index is 1.56. The normalized spacial score (nSPS) is 11.6. The summed E-state index contributed by atoms with van der Waals surface area (Å²) < 4.78 is 39.2. The molecule has 0 aliphatic rings. The van der Waals surface area contributed by atoms with Gasteiger partial charge in [-0.1, -0.05) is 64.5 Å². The number of rotatable bonds is 3. The van der Waals surface area contributed by atoms with Crippen molar-refractivity contribution in [2.24, 2.45) is 0 Å². The Morgan fingerprint density at radius 2 is 1.18 bits per heavy atom. The molecule has 0 aliphatic carbocycles. The average Bonchev–Trinajstić information content (AvgIpc) is 3.18. The molecule has 4 rings (SSSR count). The Morgan fingerprint density at radius 3 is 1.75 bits per heavy atom. The number of halogens is 4. The van der Waals surface area contributed by atoms with Crippen LogP contribution in [0.5, 0.6) is 0 Å². The number of hydrogen-bond donors (Lipinski definition) is 0. The minimum absolute atomic E-state index is 0.656. The van der Waals surface area contributed by atoms with E-state index >= 15 is 0 Å². The lowest BCUT2D eigenvalue weighted by atomic mass is 10.0. The Bertz CT molecular complexity index is 1080. The van der Waals surface area contributed by atoms with Crippen LogP contribution in [0.15, 0.2) is 82.6 Å². The molecule has 0 bridgehead atoms. The van der Waals surface area contributed by atoms with Crippen LogP contribution >= 0.6 is 27.3 Å². The molecular weight excluding hydrogens is 447 g/mol. The van der Waals surface area contributed by atoms with Crippen molar-refractivity contribution in [3.63, 3.8) is 0 Å². The van der Waals surface area contributed by atoms with Crippen molar-refractivity contribution in [1.82, 2.24) is 4.98 Å². The van der Waals surface area contributed by atoms with Gasteiger partial charge in [0.1, 0.15) is 5.01 Å². The lowest BCUT2D eigenvalue weighted by molar-refractivity contribution is -0.137. The van der Waals surface area contributed by atoms with Gasteiger partial charge in [-0.15, -0.1) is 11.3 Å². The van der Waals surface area contributed by atoms with Crippen molar-refractivity contribution in [2.45, 2.75) is 6.18 Å². The number of nitrogens with zero attached hydrogens (tertiary/aromatic N) is 1. The zero-order chi connectivity index (χ0) is 19.7. The van der Waals surface area contributed by atoms with Gasteiger partial charge in [0.15, 0.2) is 0 Å². The summed E-state index contributed by atoms with van der Waals surface area (Å²) in [7, 11) is 0. The lowest BCUT2D eigenvalue weighted by Crippen LogP contribution is -2.03. The van der Waals surface area contributed by atoms with E-state index in [1.807, 2.05) is 53.9 Å². The molecule has 1 aromatic heterocycles. The highest BCUT2D eigenvalue weighted by Crippen LogP contribution is 2.33. The second-order valence-electron chi connectivity index (χ2n) is 6.20. The molecule has 140 valence electrons. The molecule has 0 aliphatic heterocycles. The van der Waals surface area contributed by atoms with Crippen molar-refractivity contribution in [3.8, 4) is 33.0 Å². The molecule has 28 heavy (non-hydrogen) atoms. The third-order valence-electron chi connectivity index (χ3n) is 4.32. The summed E-state index contributed by atoms with van der Waals surface area (Å²) in [5.74, 6) is 0. The zero-order valence-electron chi connectivity index (χ0n) is 14.4. The highest BCUT2D eigenvalue weighted by molar-refractivity contribution is 9.10. The van der Waals surface area contributed by atoms with Crippen molar-refractivity contribution >= 4 is 27.3 Å². The van der Waals surface area contributed by atoms with E-state index < -0.39 is 11.7 Å². The van der Waals surface area contributed by atoms with Gasteiger partial charge in [0, 0.05) is 21.0 Å². The summed E-state index contributed by atoms with van der Waals surface area (Å²) in [5, 5.41) is 2.61. The SMILES string of the molecule is FC(F)(F)c1ccc(-c2nc(-c3ccc(-c4ccc(Br)cc4)cc3)cs2)cc1. The van der Waals surface area contributed by atoms with Crippen LogP contribution < -0.4 is 0 Å². The molecule has 0 atom stereocenters. The summed E-state index contributed by atoms with van der Waals surface area (Å²) in [4.78, 5) is 4.59. The van der Waals surface area contributed by atoms with Crippen LogP contribution in [0.3, 0.4) is 0 Å². The third kappa shape index (κ3) is 4.03. The van der Waals surface area contributed by atoms with Gasteiger partial charge >= 0.3 is 6.18 Å². The fraction of sp³-hybridized carbons (Fsp3) is 0.0455. The number of thiazole rings is 1. The van der Waals surface area contributed by atoms with Gasteiger partial charge in [-0.05, 0) is 35.4 Å². The van der Waals surface area contributed by atoms with E-state index in [0.717, 1.165) is 39.0 Å². The summed E-state index contributed by atoms with van der Waals surface area (Å²) in [5.41, 5.74) is 4.03. The predicted octanol–water partition coefficient (Wildman–Crippen LogP) is 7.93. The molecular formula is C22H13BrF3NS. The van der Waals surface area contributed by atoms with Crippen molar-refractivity contribution in [1.29, 1.82) is 0 Å². The Hall–Kier alpha value is -2.44. The monoisotopic (exact) mass is 459 g/mol. The first-order chi connectivity index (χ1) is 13.4. The molecule has 0 saturated heterocycles. The second-order valence-corrected chi connectivity index (χ2v) is 7.97. The Kier molecular flexibility index (Phi) is 5.08. The van der Waals surface area contributed by atoms with Gasteiger partial charge < -0.3 is 0 Å². The molecule has 1 nitrogen and oxygen atoms in total. The van der Waals surface area contributed by atoms with Crippen LogP contribution in [0.4, 0.5) is 13.2 Å². The summed E-state index contributed by atoms with van der Waals surface area (Å²) >= 11 is 4.85. The summed E-state index contributed by atoms with van der Waals surface area (Å²) in [6.45, 7) is 0. The first-order valence-electron chi connectivity index (χ1n) is 8.40. The molecule has 4 aromatic rings. The van der Waals surface area contributed by atoms with Gasteiger partial charge in [-0.3, -0.25) is 0 Å². The summed E-state index contributed by atoms with van der Waals surface area (Å²) in [6.07, 6.45) is -4.33. The summed E-state index contributed by atoms with van der Waals surface area (Å²) in [6, 6.07) is 21.3. The van der Waals surface area contributed by atoms with Gasteiger partial charge in [0.2, 0.25) is 0 Å². The van der Waals surface area contributed by atoms with Crippen LogP contribution in [-0.4, -0.2) is 4.98 Å². The maximum absolute atomic E-state index is 12.7. The van der Waals surface area contributed by atoms with Crippen molar-refractivity contribution < 1.29 is 13.2 Å². The fourth-order valence-corrected chi connectivity index (χ4v) is 3.92. The third-order valence-corrected chi connectivity index (χ3v) is 5.74. The van der Waals surface area contributed by atoms with E-state index in [9.17, 15) is 13.2 Å². The van der Waals surface area contributed by atoms with Gasteiger partial charge in [0.05, 0.1) is 11.3 Å². The van der Waals surface area contributed by atoms with Crippen LogP contribution in [0.2, 0.25) is 0 Å². The van der Waals surface area contributed by atoms with Gasteiger partial charge in [-0.2, -0.15) is 13.2 Å². The molecule has 0 saturated carbocycles. The van der Waals surface area contributed by atoms with Crippen LogP contribution in [0, 0.1) is 0 Å². The molecule has 3 aromatic carbocycles. The quantitative estimate of drug-likeness (QED) is 0.303. The maximum Gasteiger partial charge on any atom is 0.416 e. The minimum Gasteiger partial charge on any atom is -0.236 e. The first-order valence-corrected chi connectivity index (χ1v) is 10.1. The highest BCUT2D eigenvalue weighted by atomic mass is 79.9. The molecule has 0 radical (unpaired) electrons. The average molecular weight is 460 g/mol. The number of hydrogen-bond acceptors (Lipinski definition) is 2. The smallest absolute Gasteiger partial charge is 0.236 e. The molecule has 0 fully saturated rings. The van der Waals surface area contributed by atoms with E-state index in [-0.39, 0.29) is 0 Å². The van der Waals surface area contributed by atoms with E-state index in [1.54, 1.807) is 0 Å². The molecule has 0 unspecified atom stereocenters. The predicted molar refractivity (Wildman–Crippen MR) is 111 cm³/mol. The van der Waals surface area contributed by atoms with Crippen LogP contribution in [-0.2, 0) is 6.18 Å². The van der Waals surface area contributed by atoms with Crippen LogP contribution in [0.25, 0.3) is 33.0 Å². The van der Waals surface area contributed by atoms with E-state index in [1.165, 1.54) is 23.5 Å². The van der Waals surface area contributed by atoms with Gasteiger partial charge in [0.25, 0.3) is 0 Å². The van der Waals surface area contributed by atoms with Crippen molar-refractivity contribution in [2.75, 3.05) is 0 Å². The maximum atomic E-state index is 12.7. The highest BCUT2D eigenvalue weighted by Gasteiger charge is 2.30. The van der Waals surface area contributed by atoms with Crippen molar-refractivity contribution in [3.05, 3.63) is 88.2 Å². The number of alkyl halides is 3. The largest absolute Gasteiger partial charge is 0.416 e. The topological polar surface area (TPSA) is 12.9 Å². The minimum atomic E-state index is -4.33. The number of aromatic nitrogens is 1. The molecule has 0 N–H and O–H groups in total. The van der Waals surface area contributed by atoms with E-state index in [0.29, 0.717) is 10.6 Å². The first kappa shape index (κ1) is 18.9.